The maximum atomic E-state index is 14.3. The molecule has 0 bridgehead atoms. The molecule has 3 aromatic carbocycles. The van der Waals surface area contributed by atoms with Gasteiger partial charge >= 0.3 is 5.97 Å². The van der Waals surface area contributed by atoms with Gasteiger partial charge in [-0.1, -0.05) is 57.5 Å². The molecule has 0 radical (unpaired) electrons. The summed E-state index contributed by atoms with van der Waals surface area (Å²) in [5.74, 6) is 0.195. The zero-order chi connectivity index (χ0) is 32.9. The summed E-state index contributed by atoms with van der Waals surface area (Å²) in [5, 5.41) is 4.22. The lowest BCUT2D eigenvalue weighted by Gasteiger charge is -2.23. The first-order chi connectivity index (χ1) is 21.3. The van der Waals surface area contributed by atoms with Crippen LogP contribution >= 0.6 is 0 Å². The molecule has 6 nitrogen and oxygen atoms in total. The molecule has 7 heteroatoms. The van der Waals surface area contributed by atoms with Crippen molar-refractivity contribution in [1.29, 1.82) is 0 Å². The summed E-state index contributed by atoms with van der Waals surface area (Å²) < 4.78 is 27.5. The van der Waals surface area contributed by atoms with Gasteiger partial charge in [-0.25, -0.2) is 9.18 Å². The molecule has 1 aromatic heterocycles. The molecule has 0 saturated carbocycles. The number of ether oxygens (including phenoxy) is 2. The Hall–Kier alpha value is -4.13. The van der Waals surface area contributed by atoms with Gasteiger partial charge in [-0.2, -0.15) is 0 Å². The number of fused-ring (bicyclic) bond motifs is 1. The summed E-state index contributed by atoms with van der Waals surface area (Å²) in [4.78, 5) is 25.7. The molecule has 0 aliphatic rings. The zero-order valence-electron chi connectivity index (χ0n) is 27.9. The summed E-state index contributed by atoms with van der Waals surface area (Å²) in [6.45, 7) is 14.7. The Morgan fingerprint density at radius 3 is 2.47 bits per heavy atom. The number of methoxy groups -OCH3 is 1. The Morgan fingerprint density at radius 2 is 1.78 bits per heavy atom. The number of nitrogens with one attached hydrogen (secondary N) is 1. The van der Waals surface area contributed by atoms with Crippen LogP contribution in [0.4, 0.5) is 4.39 Å². The maximum absolute atomic E-state index is 14.3. The maximum Gasteiger partial charge on any atom is 0.349 e. The van der Waals surface area contributed by atoms with E-state index in [1.807, 2.05) is 49.4 Å². The molecule has 1 amide bonds. The van der Waals surface area contributed by atoms with E-state index < -0.39 is 11.6 Å². The minimum atomic E-state index is -1.11. The van der Waals surface area contributed by atoms with Crippen molar-refractivity contribution in [2.45, 2.75) is 92.3 Å². The highest BCUT2D eigenvalue weighted by Gasteiger charge is 2.31. The van der Waals surface area contributed by atoms with E-state index in [9.17, 15) is 14.0 Å². The highest BCUT2D eigenvalue weighted by atomic mass is 19.1. The summed E-state index contributed by atoms with van der Waals surface area (Å²) in [6.07, 6.45) is 3.27. The number of esters is 1. The Balaban J connectivity index is 1.62. The molecule has 1 heterocycles. The molecule has 0 aliphatic carbocycles. The Labute approximate surface area is 266 Å². The Bertz CT molecular complexity index is 1670. The van der Waals surface area contributed by atoms with Crippen molar-refractivity contribution in [1.82, 2.24) is 9.88 Å². The van der Waals surface area contributed by atoms with Gasteiger partial charge in [0.25, 0.3) is 5.91 Å². The molecule has 4 rings (SSSR count). The van der Waals surface area contributed by atoms with Gasteiger partial charge in [-0.05, 0) is 105 Å². The first kappa shape index (κ1) is 33.8. The van der Waals surface area contributed by atoms with E-state index in [1.165, 1.54) is 18.7 Å². The van der Waals surface area contributed by atoms with Crippen molar-refractivity contribution < 1.29 is 23.5 Å². The molecule has 0 unspecified atom stereocenters. The third-order valence-electron chi connectivity index (χ3n) is 8.31. The number of amides is 1. The molecule has 0 spiro atoms. The van der Waals surface area contributed by atoms with Gasteiger partial charge in [0.05, 0.1) is 13.2 Å². The van der Waals surface area contributed by atoms with Crippen molar-refractivity contribution in [3.05, 3.63) is 100.0 Å². The monoisotopic (exact) mass is 614 g/mol. The number of carbonyl (C=O) groups excluding carboxylic acids is 2. The van der Waals surface area contributed by atoms with Gasteiger partial charge in [0, 0.05) is 28.7 Å². The van der Waals surface area contributed by atoms with Crippen molar-refractivity contribution in [3.8, 4) is 5.75 Å². The number of aryl methyl sites for hydroxylation is 1. The van der Waals surface area contributed by atoms with Crippen LogP contribution in [0.1, 0.15) is 98.7 Å². The second kappa shape index (κ2) is 14.3. The lowest BCUT2D eigenvalue weighted by atomic mass is 10.00. The normalized spacial score (nSPS) is 12.4. The second-order valence-electron chi connectivity index (χ2n) is 12.9. The van der Waals surface area contributed by atoms with Crippen molar-refractivity contribution in [3.63, 3.8) is 0 Å². The summed E-state index contributed by atoms with van der Waals surface area (Å²) in [5.41, 5.74) is 5.44. The number of halogens is 1. The number of benzene rings is 3. The van der Waals surface area contributed by atoms with Gasteiger partial charge < -0.3 is 19.4 Å². The highest BCUT2D eigenvalue weighted by molar-refractivity contribution is 5.99. The van der Waals surface area contributed by atoms with E-state index in [4.69, 9.17) is 9.47 Å². The number of hydrogen-bond acceptors (Lipinski definition) is 4. The summed E-state index contributed by atoms with van der Waals surface area (Å²) in [6, 6.07) is 18.5. The standard InChI is InChI=1S/C38H47FN2O4/c1-9-10-13-29-21-28(16-18-34(29)39)25(4)40-36(42)30-15-17-32-33(26(5)41(23-24(2)3)35(32)22-30)20-27-12-11-14-31(19-27)45-38(6,7)37(43)44-8/h11-12,14-19,21-22,24-25H,9-10,13,20,23H2,1-8H3,(H,40,42)/t25-/m0/s1. The van der Waals surface area contributed by atoms with Gasteiger partial charge in [0.1, 0.15) is 11.6 Å². The molecular weight excluding hydrogens is 567 g/mol. The fourth-order valence-electron chi connectivity index (χ4n) is 5.80. The summed E-state index contributed by atoms with van der Waals surface area (Å²) in [7, 11) is 1.35. The first-order valence-electron chi connectivity index (χ1n) is 15.9. The molecular formula is C38H47FN2O4. The zero-order valence-corrected chi connectivity index (χ0v) is 27.9. The number of rotatable bonds is 13. The third-order valence-corrected chi connectivity index (χ3v) is 8.31. The molecule has 240 valence electrons. The molecule has 0 saturated heterocycles. The minimum Gasteiger partial charge on any atom is -0.476 e. The summed E-state index contributed by atoms with van der Waals surface area (Å²) >= 11 is 0. The largest absolute Gasteiger partial charge is 0.476 e. The molecule has 0 fully saturated rings. The first-order valence-corrected chi connectivity index (χ1v) is 15.9. The van der Waals surface area contributed by atoms with Crippen molar-refractivity contribution in [2.75, 3.05) is 7.11 Å². The molecule has 45 heavy (non-hydrogen) atoms. The SMILES string of the molecule is CCCCc1cc([C@H](C)NC(=O)c2ccc3c(Cc4cccc(OC(C)(C)C(=O)OC)c4)c(C)n(CC(C)C)c3c2)ccc1F. The van der Waals surface area contributed by atoms with Crippen LogP contribution in [0.15, 0.2) is 60.7 Å². The van der Waals surface area contributed by atoms with Crippen LogP contribution in [0, 0.1) is 18.7 Å². The van der Waals surface area contributed by atoms with E-state index in [2.05, 4.69) is 43.6 Å². The number of unbranched alkanes of at least 4 members (excludes halogenated alkanes) is 1. The highest BCUT2D eigenvalue weighted by Crippen LogP contribution is 2.31. The van der Waals surface area contributed by atoms with Crippen molar-refractivity contribution in [2.24, 2.45) is 5.92 Å². The Kier molecular flexibility index (Phi) is 10.7. The van der Waals surface area contributed by atoms with E-state index in [-0.39, 0.29) is 17.8 Å². The van der Waals surface area contributed by atoms with Crippen LogP contribution < -0.4 is 10.1 Å². The molecule has 1 atom stereocenters. The Morgan fingerprint density at radius 1 is 1.02 bits per heavy atom. The van der Waals surface area contributed by atoms with E-state index in [0.29, 0.717) is 35.6 Å². The average molecular weight is 615 g/mol. The van der Waals surface area contributed by atoms with E-state index in [0.717, 1.165) is 47.1 Å². The van der Waals surface area contributed by atoms with E-state index in [1.54, 1.807) is 19.9 Å². The topological polar surface area (TPSA) is 69.6 Å². The van der Waals surface area contributed by atoms with E-state index >= 15 is 0 Å². The fraction of sp³-hybridized carbons (Fsp3) is 0.421. The number of aromatic nitrogens is 1. The van der Waals surface area contributed by atoms with Gasteiger partial charge in [0.2, 0.25) is 0 Å². The van der Waals surface area contributed by atoms with Crippen LogP contribution in [-0.4, -0.2) is 29.2 Å². The van der Waals surface area contributed by atoms with Crippen LogP contribution in [0.2, 0.25) is 0 Å². The van der Waals surface area contributed by atoms with Crippen LogP contribution in [0.5, 0.6) is 5.75 Å². The smallest absolute Gasteiger partial charge is 0.349 e. The van der Waals surface area contributed by atoms with Crippen molar-refractivity contribution >= 4 is 22.8 Å². The van der Waals surface area contributed by atoms with Crippen LogP contribution in [-0.2, 0) is 28.9 Å². The quantitative estimate of drug-likeness (QED) is 0.153. The molecule has 0 aliphatic heterocycles. The number of hydrogen-bond donors (Lipinski definition) is 1. The predicted molar refractivity (Wildman–Crippen MR) is 178 cm³/mol. The van der Waals surface area contributed by atoms with Crippen LogP contribution in [0.25, 0.3) is 10.9 Å². The van der Waals surface area contributed by atoms with Crippen LogP contribution in [0.3, 0.4) is 0 Å². The van der Waals surface area contributed by atoms with Gasteiger partial charge in [-0.3, -0.25) is 4.79 Å². The number of carbonyl (C=O) groups is 2. The third kappa shape index (κ3) is 7.94. The minimum absolute atomic E-state index is 0.168. The lowest BCUT2D eigenvalue weighted by Crippen LogP contribution is -2.39. The molecule has 1 N–H and O–H groups in total. The fourth-order valence-corrected chi connectivity index (χ4v) is 5.80. The van der Waals surface area contributed by atoms with Gasteiger partial charge in [-0.15, -0.1) is 0 Å². The lowest BCUT2D eigenvalue weighted by molar-refractivity contribution is -0.156. The molecule has 4 aromatic rings. The van der Waals surface area contributed by atoms with Gasteiger partial charge in [0.15, 0.2) is 5.60 Å². The second-order valence-corrected chi connectivity index (χ2v) is 12.9. The number of nitrogens with zero attached hydrogens (tertiary/aromatic N) is 1. The predicted octanol–water partition coefficient (Wildman–Crippen LogP) is 8.50. The average Bonchev–Trinajstić information content (AvgIpc) is 3.24.